The molecule has 3 rings (SSSR count). The summed E-state index contributed by atoms with van der Waals surface area (Å²) in [5.41, 5.74) is 2.35. The summed E-state index contributed by atoms with van der Waals surface area (Å²) in [6.45, 7) is 4.52. The van der Waals surface area contributed by atoms with Crippen LogP contribution in [0.4, 0.5) is 5.69 Å². The number of carbonyl (C=O) groups is 1. The molecule has 120 valence electrons. The van der Waals surface area contributed by atoms with Crippen molar-refractivity contribution in [1.29, 1.82) is 0 Å². The molecular formula is C17H24N2O3. The highest BCUT2D eigenvalue weighted by molar-refractivity contribution is 5.76. The van der Waals surface area contributed by atoms with Gasteiger partial charge in [-0.1, -0.05) is 0 Å². The van der Waals surface area contributed by atoms with Crippen LogP contribution in [0.15, 0.2) is 18.2 Å². The zero-order chi connectivity index (χ0) is 15.4. The topological polar surface area (TPSA) is 42.0 Å². The minimum atomic E-state index is 0.130. The van der Waals surface area contributed by atoms with Crippen LogP contribution >= 0.6 is 0 Å². The Balaban J connectivity index is 1.75. The Morgan fingerprint density at radius 1 is 1.27 bits per heavy atom. The van der Waals surface area contributed by atoms with Crippen LogP contribution < -0.4 is 9.64 Å². The monoisotopic (exact) mass is 304 g/mol. The van der Waals surface area contributed by atoms with E-state index in [1.807, 2.05) is 11.0 Å². The number of ether oxygens (including phenoxy) is 2. The maximum Gasteiger partial charge on any atom is 0.225 e. The molecule has 0 aliphatic carbocycles. The molecule has 0 N–H and O–H groups in total. The van der Waals surface area contributed by atoms with E-state index in [1.54, 1.807) is 7.11 Å². The summed E-state index contributed by atoms with van der Waals surface area (Å²) in [6, 6.07) is 6.36. The SMILES string of the molecule is COCCC(=O)N1CCOc2ccc(N3CCCC3)cc2C1. The third-order valence-electron chi connectivity index (χ3n) is 4.37. The summed E-state index contributed by atoms with van der Waals surface area (Å²) in [4.78, 5) is 16.5. The second kappa shape index (κ2) is 7.01. The number of anilines is 1. The Hall–Kier alpha value is -1.75. The van der Waals surface area contributed by atoms with Crippen LogP contribution in [0, 0.1) is 0 Å². The maximum atomic E-state index is 12.2. The average molecular weight is 304 g/mol. The van der Waals surface area contributed by atoms with Gasteiger partial charge in [0.2, 0.25) is 5.91 Å². The first-order chi connectivity index (χ1) is 10.8. The molecule has 0 atom stereocenters. The first kappa shape index (κ1) is 15.2. The lowest BCUT2D eigenvalue weighted by Gasteiger charge is -2.21. The molecule has 1 saturated heterocycles. The molecule has 2 aliphatic rings. The minimum Gasteiger partial charge on any atom is -0.491 e. The Morgan fingerprint density at radius 2 is 2.09 bits per heavy atom. The van der Waals surface area contributed by atoms with Gasteiger partial charge in [0.15, 0.2) is 0 Å². The van der Waals surface area contributed by atoms with Gasteiger partial charge in [-0.2, -0.15) is 0 Å². The largest absolute Gasteiger partial charge is 0.491 e. The number of fused-ring (bicyclic) bond motifs is 1. The number of amides is 1. The smallest absolute Gasteiger partial charge is 0.225 e. The fourth-order valence-corrected chi connectivity index (χ4v) is 3.11. The summed E-state index contributed by atoms with van der Waals surface area (Å²) in [5, 5.41) is 0. The average Bonchev–Trinajstić information content (AvgIpc) is 2.98. The van der Waals surface area contributed by atoms with Gasteiger partial charge in [0.1, 0.15) is 12.4 Å². The van der Waals surface area contributed by atoms with E-state index < -0.39 is 0 Å². The normalized spacial score (nSPS) is 17.9. The van der Waals surface area contributed by atoms with Crippen molar-refractivity contribution in [3.63, 3.8) is 0 Å². The number of hydrogen-bond donors (Lipinski definition) is 0. The molecule has 2 heterocycles. The molecule has 0 aromatic heterocycles. The van der Waals surface area contributed by atoms with Gasteiger partial charge in [-0.3, -0.25) is 4.79 Å². The van der Waals surface area contributed by atoms with Crippen molar-refractivity contribution in [2.45, 2.75) is 25.8 Å². The first-order valence-electron chi connectivity index (χ1n) is 8.05. The zero-order valence-corrected chi connectivity index (χ0v) is 13.2. The van der Waals surface area contributed by atoms with Crippen molar-refractivity contribution in [3.8, 4) is 5.75 Å². The molecule has 0 saturated carbocycles. The van der Waals surface area contributed by atoms with E-state index in [-0.39, 0.29) is 5.91 Å². The maximum absolute atomic E-state index is 12.2. The van der Waals surface area contributed by atoms with E-state index in [4.69, 9.17) is 9.47 Å². The lowest BCUT2D eigenvalue weighted by Crippen LogP contribution is -2.33. The van der Waals surface area contributed by atoms with Crippen LogP contribution in [0.2, 0.25) is 0 Å². The second-order valence-corrected chi connectivity index (χ2v) is 5.89. The highest BCUT2D eigenvalue weighted by Gasteiger charge is 2.21. The number of rotatable bonds is 4. The van der Waals surface area contributed by atoms with E-state index in [0.717, 1.165) is 24.4 Å². The summed E-state index contributed by atoms with van der Waals surface area (Å²) in [7, 11) is 1.62. The number of nitrogens with zero attached hydrogens (tertiary/aromatic N) is 2. The molecule has 0 bridgehead atoms. The Labute approximate surface area is 131 Å². The molecule has 5 heteroatoms. The Bertz CT molecular complexity index is 527. The van der Waals surface area contributed by atoms with Crippen LogP contribution in [0.3, 0.4) is 0 Å². The van der Waals surface area contributed by atoms with Crippen LogP contribution in [0.5, 0.6) is 5.75 Å². The van der Waals surface area contributed by atoms with Gasteiger partial charge in [0, 0.05) is 38.0 Å². The van der Waals surface area contributed by atoms with Crippen molar-refractivity contribution < 1.29 is 14.3 Å². The second-order valence-electron chi connectivity index (χ2n) is 5.89. The van der Waals surface area contributed by atoms with Crippen LogP contribution in [-0.4, -0.2) is 50.8 Å². The fourth-order valence-electron chi connectivity index (χ4n) is 3.11. The summed E-state index contributed by atoms with van der Waals surface area (Å²) < 4.78 is 10.8. The van der Waals surface area contributed by atoms with Crippen molar-refractivity contribution in [2.24, 2.45) is 0 Å². The van der Waals surface area contributed by atoms with Gasteiger partial charge >= 0.3 is 0 Å². The van der Waals surface area contributed by atoms with Crippen LogP contribution in [-0.2, 0) is 16.1 Å². The molecule has 5 nitrogen and oxygen atoms in total. The molecule has 1 aromatic carbocycles. The van der Waals surface area contributed by atoms with Gasteiger partial charge in [-0.25, -0.2) is 0 Å². The molecule has 0 radical (unpaired) electrons. The zero-order valence-electron chi connectivity index (χ0n) is 13.2. The lowest BCUT2D eigenvalue weighted by atomic mass is 10.1. The summed E-state index contributed by atoms with van der Waals surface area (Å²) in [6.07, 6.45) is 2.95. The molecule has 0 spiro atoms. The predicted octanol–water partition coefficient (Wildman–Crippen LogP) is 2.04. The lowest BCUT2D eigenvalue weighted by molar-refractivity contribution is -0.132. The quantitative estimate of drug-likeness (QED) is 0.854. The number of methoxy groups -OCH3 is 1. The van der Waals surface area contributed by atoms with Gasteiger partial charge in [0.05, 0.1) is 19.6 Å². The fraction of sp³-hybridized carbons (Fsp3) is 0.588. The number of carbonyl (C=O) groups excluding carboxylic acids is 1. The molecule has 22 heavy (non-hydrogen) atoms. The van der Waals surface area contributed by atoms with Crippen LogP contribution in [0.1, 0.15) is 24.8 Å². The van der Waals surface area contributed by atoms with E-state index in [9.17, 15) is 4.79 Å². The van der Waals surface area contributed by atoms with Gasteiger partial charge < -0.3 is 19.3 Å². The molecule has 0 unspecified atom stereocenters. The van der Waals surface area contributed by atoms with Gasteiger partial charge in [0.25, 0.3) is 0 Å². The highest BCUT2D eigenvalue weighted by Crippen LogP contribution is 2.30. The molecule has 1 aromatic rings. The van der Waals surface area contributed by atoms with E-state index in [2.05, 4.69) is 17.0 Å². The standard InChI is InChI=1S/C17H24N2O3/c1-21-10-6-17(20)19-9-11-22-16-5-4-15(12-14(16)13-19)18-7-2-3-8-18/h4-5,12H,2-3,6-11,13H2,1H3. The third kappa shape index (κ3) is 3.35. The number of benzene rings is 1. The first-order valence-corrected chi connectivity index (χ1v) is 8.05. The number of hydrogen-bond acceptors (Lipinski definition) is 4. The van der Waals surface area contributed by atoms with Crippen molar-refractivity contribution >= 4 is 11.6 Å². The molecule has 1 fully saturated rings. The minimum absolute atomic E-state index is 0.130. The highest BCUT2D eigenvalue weighted by atomic mass is 16.5. The van der Waals surface area contributed by atoms with Gasteiger partial charge in [-0.15, -0.1) is 0 Å². The van der Waals surface area contributed by atoms with E-state index in [0.29, 0.717) is 32.7 Å². The van der Waals surface area contributed by atoms with Gasteiger partial charge in [-0.05, 0) is 31.0 Å². The Morgan fingerprint density at radius 3 is 2.86 bits per heavy atom. The predicted molar refractivity (Wildman–Crippen MR) is 85.3 cm³/mol. The molecule has 2 aliphatic heterocycles. The molecule has 1 amide bonds. The van der Waals surface area contributed by atoms with Crippen LogP contribution in [0.25, 0.3) is 0 Å². The van der Waals surface area contributed by atoms with Crippen molar-refractivity contribution in [1.82, 2.24) is 4.90 Å². The summed E-state index contributed by atoms with van der Waals surface area (Å²) >= 11 is 0. The Kier molecular flexibility index (Phi) is 4.83. The van der Waals surface area contributed by atoms with E-state index in [1.165, 1.54) is 18.5 Å². The van der Waals surface area contributed by atoms with Crippen molar-refractivity contribution in [3.05, 3.63) is 23.8 Å². The van der Waals surface area contributed by atoms with E-state index >= 15 is 0 Å². The van der Waals surface area contributed by atoms with Crippen molar-refractivity contribution in [2.75, 3.05) is 44.9 Å². The summed E-state index contributed by atoms with van der Waals surface area (Å²) in [5.74, 6) is 1.04. The molecular weight excluding hydrogens is 280 g/mol. The third-order valence-corrected chi connectivity index (χ3v) is 4.37.